The van der Waals surface area contributed by atoms with E-state index in [1.54, 1.807) is 0 Å². The molecule has 1 aromatic rings. The average molecular weight is 257 g/mol. The molecular formula is C10H15N3O3S. The number of rotatable bonds is 5. The fraction of sp³-hybridized carbons (Fsp3) is 0.300. The molecule has 6 nitrogen and oxygen atoms in total. The number of nitrogens with two attached hydrogens (primary N) is 2. The normalized spacial score (nSPS) is 13.1. The van der Waals surface area contributed by atoms with Gasteiger partial charge in [0.15, 0.2) is 0 Å². The molecule has 1 unspecified atom stereocenters. The first-order chi connectivity index (χ1) is 7.86. The molecule has 0 saturated carbocycles. The highest BCUT2D eigenvalue weighted by atomic mass is 32.2. The molecule has 0 bridgehead atoms. The number of hydrogen-bond donors (Lipinski definition) is 3. The molecule has 0 aliphatic rings. The van der Waals surface area contributed by atoms with E-state index in [1.807, 2.05) is 0 Å². The third-order valence-electron chi connectivity index (χ3n) is 2.29. The van der Waals surface area contributed by atoms with Crippen molar-refractivity contribution in [3.63, 3.8) is 0 Å². The standard InChI is InChI=1S/C10H15N3O3S/c1-7(6-11)17(15,16)13-9-4-2-8(3-5-9)10(12)14/h2-5,7,13H,6,11H2,1H3,(H2,12,14). The van der Waals surface area contributed by atoms with Crippen molar-refractivity contribution >= 4 is 21.6 Å². The summed E-state index contributed by atoms with van der Waals surface area (Å²) in [5, 5.41) is -0.682. The van der Waals surface area contributed by atoms with Crippen LogP contribution in [0.5, 0.6) is 0 Å². The Bertz CT molecular complexity index is 496. The summed E-state index contributed by atoms with van der Waals surface area (Å²) in [4.78, 5) is 10.8. The number of benzene rings is 1. The van der Waals surface area contributed by atoms with Gasteiger partial charge in [-0.3, -0.25) is 9.52 Å². The highest BCUT2D eigenvalue weighted by Gasteiger charge is 2.18. The van der Waals surface area contributed by atoms with Crippen LogP contribution in [-0.4, -0.2) is 26.1 Å². The molecule has 0 aliphatic carbocycles. The second-order valence-electron chi connectivity index (χ2n) is 3.63. The lowest BCUT2D eigenvalue weighted by atomic mass is 10.2. The molecule has 1 aromatic carbocycles. The van der Waals surface area contributed by atoms with E-state index in [0.717, 1.165) is 0 Å². The van der Waals surface area contributed by atoms with Crippen molar-refractivity contribution in [1.29, 1.82) is 0 Å². The number of nitrogens with one attached hydrogen (secondary N) is 1. The third-order valence-corrected chi connectivity index (χ3v) is 4.06. The molecule has 0 radical (unpaired) electrons. The minimum Gasteiger partial charge on any atom is -0.366 e. The first-order valence-electron chi connectivity index (χ1n) is 4.98. The van der Waals surface area contributed by atoms with E-state index in [0.29, 0.717) is 11.3 Å². The van der Waals surface area contributed by atoms with Gasteiger partial charge < -0.3 is 11.5 Å². The van der Waals surface area contributed by atoms with Crippen molar-refractivity contribution in [1.82, 2.24) is 0 Å². The maximum absolute atomic E-state index is 11.7. The number of amides is 1. The Balaban J connectivity index is 2.86. The van der Waals surface area contributed by atoms with Gasteiger partial charge in [-0.2, -0.15) is 0 Å². The van der Waals surface area contributed by atoms with Crippen LogP contribution < -0.4 is 16.2 Å². The molecule has 7 heteroatoms. The van der Waals surface area contributed by atoms with E-state index in [4.69, 9.17) is 11.5 Å². The molecule has 1 rings (SSSR count). The van der Waals surface area contributed by atoms with E-state index in [9.17, 15) is 13.2 Å². The topological polar surface area (TPSA) is 115 Å². The van der Waals surface area contributed by atoms with Crippen molar-refractivity contribution < 1.29 is 13.2 Å². The Kier molecular flexibility index (Phi) is 4.08. The van der Waals surface area contributed by atoms with Gasteiger partial charge in [0.2, 0.25) is 15.9 Å². The lowest BCUT2D eigenvalue weighted by molar-refractivity contribution is 0.100. The largest absolute Gasteiger partial charge is 0.366 e. The summed E-state index contributed by atoms with van der Waals surface area (Å²) < 4.78 is 25.7. The summed E-state index contributed by atoms with van der Waals surface area (Å²) in [6.07, 6.45) is 0. The zero-order chi connectivity index (χ0) is 13.1. The molecule has 5 N–H and O–H groups in total. The first kappa shape index (κ1) is 13.5. The van der Waals surface area contributed by atoms with E-state index >= 15 is 0 Å². The quantitative estimate of drug-likeness (QED) is 0.681. The molecule has 0 fully saturated rings. The van der Waals surface area contributed by atoms with Crippen molar-refractivity contribution in [2.24, 2.45) is 11.5 Å². The second kappa shape index (κ2) is 5.15. The highest BCUT2D eigenvalue weighted by Crippen LogP contribution is 2.12. The zero-order valence-electron chi connectivity index (χ0n) is 9.38. The lowest BCUT2D eigenvalue weighted by Crippen LogP contribution is -2.31. The van der Waals surface area contributed by atoms with Crippen LogP contribution in [0.4, 0.5) is 5.69 Å². The van der Waals surface area contributed by atoms with Crippen molar-refractivity contribution in [2.45, 2.75) is 12.2 Å². The van der Waals surface area contributed by atoms with Crippen LogP contribution >= 0.6 is 0 Å². The van der Waals surface area contributed by atoms with Crippen LogP contribution in [-0.2, 0) is 10.0 Å². The molecule has 0 saturated heterocycles. The highest BCUT2D eigenvalue weighted by molar-refractivity contribution is 7.93. The average Bonchev–Trinajstić information content (AvgIpc) is 2.28. The van der Waals surface area contributed by atoms with Crippen LogP contribution in [0.2, 0.25) is 0 Å². The van der Waals surface area contributed by atoms with Crippen LogP contribution in [0.25, 0.3) is 0 Å². The first-order valence-corrected chi connectivity index (χ1v) is 6.53. The zero-order valence-corrected chi connectivity index (χ0v) is 10.2. The summed E-state index contributed by atoms with van der Waals surface area (Å²) in [5.74, 6) is -0.560. The maximum atomic E-state index is 11.7. The van der Waals surface area contributed by atoms with E-state index in [1.165, 1.54) is 31.2 Å². The van der Waals surface area contributed by atoms with Crippen molar-refractivity contribution in [2.75, 3.05) is 11.3 Å². The second-order valence-corrected chi connectivity index (χ2v) is 5.73. The molecule has 0 heterocycles. The third kappa shape index (κ3) is 3.43. The van der Waals surface area contributed by atoms with Gasteiger partial charge in [-0.15, -0.1) is 0 Å². The predicted octanol–water partition coefficient (Wildman–Crippen LogP) is -0.126. The Morgan fingerprint density at radius 1 is 1.35 bits per heavy atom. The summed E-state index contributed by atoms with van der Waals surface area (Å²) >= 11 is 0. The Morgan fingerprint density at radius 3 is 2.29 bits per heavy atom. The van der Waals surface area contributed by atoms with Gasteiger partial charge in [-0.05, 0) is 31.2 Å². The Morgan fingerprint density at radius 2 is 1.88 bits per heavy atom. The summed E-state index contributed by atoms with van der Waals surface area (Å²) in [6, 6.07) is 5.85. The minimum atomic E-state index is -3.49. The summed E-state index contributed by atoms with van der Waals surface area (Å²) in [5.41, 5.74) is 11.1. The molecule has 0 aliphatic heterocycles. The Hall–Kier alpha value is -1.60. The number of anilines is 1. The molecular weight excluding hydrogens is 242 g/mol. The maximum Gasteiger partial charge on any atom is 0.248 e. The SMILES string of the molecule is CC(CN)S(=O)(=O)Nc1ccc(C(N)=O)cc1. The predicted molar refractivity (Wildman–Crippen MR) is 66.0 cm³/mol. The molecule has 1 amide bonds. The van der Waals surface area contributed by atoms with Gasteiger partial charge in [0, 0.05) is 17.8 Å². The molecule has 17 heavy (non-hydrogen) atoms. The number of carbonyl (C=O) groups excluding carboxylic acids is 1. The smallest absolute Gasteiger partial charge is 0.248 e. The molecule has 0 spiro atoms. The fourth-order valence-electron chi connectivity index (χ4n) is 1.09. The van der Waals surface area contributed by atoms with Gasteiger partial charge in [0.25, 0.3) is 0 Å². The summed E-state index contributed by atoms with van der Waals surface area (Å²) in [6.45, 7) is 1.55. The van der Waals surface area contributed by atoms with Gasteiger partial charge in [-0.1, -0.05) is 0 Å². The molecule has 1 atom stereocenters. The van der Waals surface area contributed by atoms with Crippen molar-refractivity contribution in [3.05, 3.63) is 29.8 Å². The number of hydrogen-bond acceptors (Lipinski definition) is 4. The Labute approximate surface area is 100 Å². The van der Waals surface area contributed by atoms with Crippen LogP contribution in [0.15, 0.2) is 24.3 Å². The number of sulfonamides is 1. The fourth-order valence-corrected chi connectivity index (χ4v) is 2.01. The van der Waals surface area contributed by atoms with Crippen LogP contribution in [0.3, 0.4) is 0 Å². The minimum absolute atomic E-state index is 0.0364. The van der Waals surface area contributed by atoms with Crippen molar-refractivity contribution in [3.8, 4) is 0 Å². The molecule has 0 aromatic heterocycles. The van der Waals surface area contributed by atoms with Gasteiger partial charge >= 0.3 is 0 Å². The van der Waals surface area contributed by atoms with Crippen LogP contribution in [0.1, 0.15) is 17.3 Å². The van der Waals surface area contributed by atoms with Crippen LogP contribution in [0, 0.1) is 0 Å². The van der Waals surface area contributed by atoms with E-state index in [2.05, 4.69) is 4.72 Å². The number of carbonyl (C=O) groups is 1. The van der Waals surface area contributed by atoms with E-state index in [-0.39, 0.29) is 6.54 Å². The molecule has 94 valence electrons. The van der Waals surface area contributed by atoms with Gasteiger partial charge in [0.05, 0.1) is 5.25 Å². The number of primary amides is 1. The van der Waals surface area contributed by atoms with E-state index < -0.39 is 21.2 Å². The lowest BCUT2D eigenvalue weighted by Gasteiger charge is -2.12. The van der Waals surface area contributed by atoms with Gasteiger partial charge in [0.1, 0.15) is 0 Å². The monoisotopic (exact) mass is 257 g/mol. The summed E-state index contributed by atoms with van der Waals surface area (Å²) in [7, 11) is -3.49. The van der Waals surface area contributed by atoms with Gasteiger partial charge in [-0.25, -0.2) is 8.42 Å².